The van der Waals surface area contributed by atoms with Gasteiger partial charge in [0.2, 0.25) is 0 Å². The van der Waals surface area contributed by atoms with E-state index in [0.29, 0.717) is 6.04 Å². The molecule has 0 spiro atoms. The highest BCUT2D eigenvalue weighted by atomic mass is 32.1. The summed E-state index contributed by atoms with van der Waals surface area (Å²) in [6.45, 7) is 5.69. The molecule has 66 valence electrons. The first kappa shape index (κ1) is 8.27. The van der Waals surface area contributed by atoms with Crippen LogP contribution in [0.25, 0.3) is 0 Å². The molecule has 2 atom stereocenters. The molecule has 0 saturated carbocycles. The zero-order valence-electron chi connectivity index (χ0n) is 7.63. The highest BCUT2D eigenvalue weighted by Gasteiger charge is 2.24. The van der Waals surface area contributed by atoms with Gasteiger partial charge in [0.1, 0.15) is 0 Å². The van der Waals surface area contributed by atoms with E-state index in [2.05, 4.69) is 31.3 Å². The van der Waals surface area contributed by atoms with E-state index in [1.807, 2.05) is 11.3 Å². The fourth-order valence-corrected chi connectivity index (χ4v) is 2.92. The molecular formula is C10H15NS. The normalized spacial score (nSPS) is 29.5. The molecule has 2 heteroatoms. The number of rotatable bonds is 1. The van der Waals surface area contributed by atoms with Crippen LogP contribution in [-0.4, -0.2) is 6.54 Å². The maximum absolute atomic E-state index is 3.55. The Morgan fingerprint density at radius 1 is 1.50 bits per heavy atom. The molecule has 2 heterocycles. The lowest BCUT2D eigenvalue weighted by molar-refractivity contribution is 0.511. The van der Waals surface area contributed by atoms with Crippen molar-refractivity contribution in [2.24, 2.45) is 5.92 Å². The Kier molecular flexibility index (Phi) is 2.20. The molecule has 1 saturated heterocycles. The Morgan fingerprint density at radius 3 is 2.83 bits per heavy atom. The highest BCUT2D eigenvalue weighted by molar-refractivity contribution is 7.12. The average Bonchev–Trinajstić information content (AvgIpc) is 2.58. The SMILES string of the molecule is Cc1ccc([C@@H]2NCC[C@H]2C)s1. The number of nitrogens with one attached hydrogen (secondary N) is 1. The van der Waals surface area contributed by atoms with Crippen LogP contribution in [0.3, 0.4) is 0 Å². The van der Waals surface area contributed by atoms with Crippen molar-refractivity contribution in [2.45, 2.75) is 26.3 Å². The average molecular weight is 181 g/mol. The van der Waals surface area contributed by atoms with Crippen LogP contribution in [0, 0.1) is 12.8 Å². The predicted molar refractivity (Wildman–Crippen MR) is 53.6 cm³/mol. The molecule has 1 aliphatic rings. The quantitative estimate of drug-likeness (QED) is 0.702. The zero-order chi connectivity index (χ0) is 8.55. The molecule has 1 aromatic heterocycles. The fraction of sp³-hybridized carbons (Fsp3) is 0.600. The van der Waals surface area contributed by atoms with Crippen molar-refractivity contribution >= 4 is 11.3 Å². The third-order valence-electron chi connectivity index (χ3n) is 2.60. The summed E-state index contributed by atoms with van der Waals surface area (Å²) in [6, 6.07) is 5.11. The van der Waals surface area contributed by atoms with Crippen molar-refractivity contribution in [3.63, 3.8) is 0 Å². The van der Waals surface area contributed by atoms with E-state index in [-0.39, 0.29) is 0 Å². The standard InChI is InChI=1S/C10H15NS/c1-7-5-6-11-10(7)9-4-3-8(2)12-9/h3-4,7,10-11H,5-6H2,1-2H3/t7-,10-/m1/s1. The van der Waals surface area contributed by atoms with E-state index in [4.69, 9.17) is 0 Å². The Hall–Kier alpha value is -0.340. The van der Waals surface area contributed by atoms with Crippen molar-refractivity contribution in [2.75, 3.05) is 6.54 Å². The van der Waals surface area contributed by atoms with Gasteiger partial charge in [-0.15, -0.1) is 11.3 Å². The van der Waals surface area contributed by atoms with Gasteiger partial charge in [-0.25, -0.2) is 0 Å². The number of aryl methyl sites for hydroxylation is 1. The molecule has 0 amide bonds. The smallest absolute Gasteiger partial charge is 0.0441 e. The Balaban J connectivity index is 2.19. The minimum Gasteiger partial charge on any atom is -0.309 e. The van der Waals surface area contributed by atoms with Crippen molar-refractivity contribution in [3.8, 4) is 0 Å². The van der Waals surface area contributed by atoms with E-state index in [9.17, 15) is 0 Å². The van der Waals surface area contributed by atoms with Crippen LogP contribution in [-0.2, 0) is 0 Å². The molecule has 1 aromatic rings. The molecule has 2 rings (SSSR count). The van der Waals surface area contributed by atoms with Crippen molar-refractivity contribution in [1.29, 1.82) is 0 Å². The van der Waals surface area contributed by atoms with Gasteiger partial charge in [-0.1, -0.05) is 6.92 Å². The van der Waals surface area contributed by atoms with Gasteiger partial charge in [0.05, 0.1) is 0 Å². The van der Waals surface area contributed by atoms with E-state index < -0.39 is 0 Å². The van der Waals surface area contributed by atoms with Crippen LogP contribution in [0.4, 0.5) is 0 Å². The van der Waals surface area contributed by atoms with E-state index in [1.165, 1.54) is 22.7 Å². The van der Waals surface area contributed by atoms with Gasteiger partial charge in [0.25, 0.3) is 0 Å². The number of hydrogen-bond acceptors (Lipinski definition) is 2. The summed E-state index contributed by atoms with van der Waals surface area (Å²) < 4.78 is 0. The third-order valence-corrected chi connectivity index (χ3v) is 3.68. The topological polar surface area (TPSA) is 12.0 Å². The summed E-state index contributed by atoms with van der Waals surface area (Å²) in [7, 11) is 0. The largest absolute Gasteiger partial charge is 0.309 e. The summed E-state index contributed by atoms with van der Waals surface area (Å²) in [6.07, 6.45) is 1.32. The van der Waals surface area contributed by atoms with Gasteiger partial charge in [0.15, 0.2) is 0 Å². The fourth-order valence-electron chi connectivity index (χ4n) is 1.84. The number of hydrogen-bond donors (Lipinski definition) is 1. The highest BCUT2D eigenvalue weighted by Crippen LogP contribution is 2.32. The molecule has 0 unspecified atom stereocenters. The Bertz CT molecular complexity index is 267. The van der Waals surface area contributed by atoms with Crippen molar-refractivity contribution < 1.29 is 0 Å². The van der Waals surface area contributed by atoms with Gasteiger partial charge in [0, 0.05) is 15.8 Å². The second kappa shape index (κ2) is 3.19. The minimum absolute atomic E-state index is 0.628. The molecule has 0 bridgehead atoms. The summed E-state index contributed by atoms with van der Waals surface area (Å²) in [5.41, 5.74) is 0. The molecule has 0 radical (unpaired) electrons. The van der Waals surface area contributed by atoms with Crippen LogP contribution in [0.2, 0.25) is 0 Å². The van der Waals surface area contributed by atoms with Crippen LogP contribution in [0.5, 0.6) is 0 Å². The van der Waals surface area contributed by atoms with Crippen LogP contribution in [0.1, 0.15) is 29.1 Å². The summed E-state index contributed by atoms with van der Waals surface area (Å²) in [5, 5.41) is 3.55. The lowest BCUT2D eigenvalue weighted by Crippen LogP contribution is -2.14. The van der Waals surface area contributed by atoms with Crippen LogP contribution >= 0.6 is 11.3 Å². The first-order valence-electron chi connectivity index (χ1n) is 4.57. The maximum Gasteiger partial charge on any atom is 0.0441 e. The lowest BCUT2D eigenvalue weighted by atomic mass is 10.0. The van der Waals surface area contributed by atoms with Gasteiger partial charge >= 0.3 is 0 Å². The molecule has 1 aliphatic heterocycles. The van der Waals surface area contributed by atoms with Crippen molar-refractivity contribution in [1.82, 2.24) is 5.32 Å². The van der Waals surface area contributed by atoms with E-state index in [0.717, 1.165) is 5.92 Å². The summed E-state index contributed by atoms with van der Waals surface area (Å²) >= 11 is 1.93. The van der Waals surface area contributed by atoms with Crippen LogP contribution < -0.4 is 5.32 Å². The maximum atomic E-state index is 3.55. The molecular weight excluding hydrogens is 166 g/mol. The molecule has 1 fully saturated rings. The first-order valence-corrected chi connectivity index (χ1v) is 5.39. The van der Waals surface area contributed by atoms with E-state index >= 15 is 0 Å². The minimum atomic E-state index is 0.628. The molecule has 0 aromatic carbocycles. The Morgan fingerprint density at radius 2 is 2.33 bits per heavy atom. The number of thiophene rings is 1. The molecule has 1 nitrogen and oxygen atoms in total. The van der Waals surface area contributed by atoms with Gasteiger partial charge in [-0.3, -0.25) is 0 Å². The Labute approximate surface area is 77.8 Å². The van der Waals surface area contributed by atoms with E-state index in [1.54, 1.807) is 0 Å². The summed E-state index contributed by atoms with van der Waals surface area (Å²) in [5.74, 6) is 0.808. The van der Waals surface area contributed by atoms with Crippen LogP contribution in [0.15, 0.2) is 12.1 Å². The molecule has 1 N–H and O–H groups in total. The van der Waals surface area contributed by atoms with Gasteiger partial charge in [-0.05, 0) is 37.9 Å². The lowest BCUT2D eigenvalue weighted by Gasteiger charge is -2.12. The van der Waals surface area contributed by atoms with Crippen molar-refractivity contribution in [3.05, 3.63) is 21.9 Å². The zero-order valence-corrected chi connectivity index (χ0v) is 8.45. The van der Waals surface area contributed by atoms with Gasteiger partial charge < -0.3 is 5.32 Å². The van der Waals surface area contributed by atoms with Gasteiger partial charge in [-0.2, -0.15) is 0 Å². The molecule has 12 heavy (non-hydrogen) atoms. The monoisotopic (exact) mass is 181 g/mol. The second-order valence-electron chi connectivity index (χ2n) is 3.65. The second-order valence-corrected chi connectivity index (χ2v) is 4.97. The molecule has 0 aliphatic carbocycles. The first-order chi connectivity index (χ1) is 5.77. The predicted octanol–water partition coefficient (Wildman–Crippen LogP) is 2.73. The third kappa shape index (κ3) is 1.41. The summed E-state index contributed by atoms with van der Waals surface area (Å²) in [4.78, 5) is 2.93.